The van der Waals surface area contributed by atoms with E-state index in [1.54, 1.807) is 19.1 Å². The number of halogens is 3. The van der Waals surface area contributed by atoms with Crippen LogP contribution in [0.5, 0.6) is 5.75 Å². The van der Waals surface area contributed by atoms with Crippen LogP contribution in [0.1, 0.15) is 17.3 Å². The van der Waals surface area contributed by atoms with E-state index >= 15 is 0 Å². The monoisotopic (exact) mass is 361 g/mol. The molecule has 1 amide bonds. The molecule has 1 N–H and O–H groups in total. The lowest BCUT2D eigenvalue weighted by Gasteiger charge is -2.11. The third-order valence-electron chi connectivity index (χ3n) is 3.60. The first kappa shape index (κ1) is 17.6. The van der Waals surface area contributed by atoms with Gasteiger partial charge in [0.05, 0.1) is 18.6 Å². The lowest BCUT2D eigenvalue weighted by atomic mass is 10.1. The first-order chi connectivity index (χ1) is 12.5. The molecule has 7 heteroatoms. The Bertz CT molecular complexity index is 939. The molecule has 0 aliphatic heterocycles. The van der Waals surface area contributed by atoms with Crippen LogP contribution in [0, 0.1) is 17.5 Å². The van der Waals surface area contributed by atoms with Crippen molar-refractivity contribution in [3.63, 3.8) is 0 Å². The van der Waals surface area contributed by atoms with E-state index in [1.165, 1.54) is 18.4 Å². The fourth-order valence-electron chi connectivity index (χ4n) is 2.41. The smallest absolute Gasteiger partial charge is 0.261 e. The van der Waals surface area contributed by atoms with Crippen molar-refractivity contribution in [3.05, 3.63) is 71.7 Å². The van der Waals surface area contributed by atoms with E-state index in [0.29, 0.717) is 11.3 Å². The number of furan rings is 1. The fraction of sp³-hybridized carbons (Fsp3) is 0.105. The minimum Gasteiger partial charge on any atom is -0.491 e. The zero-order valence-electron chi connectivity index (χ0n) is 13.7. The Morgan fingerprint density at radius 2 is 1.88 bits per heavy atom. The van der Waals surface area contributed by atoms with Crippen molar-refractivity contribution in [1.82, 2.24) is 0 Å². The number of amides is 1. The number of carbonyl (C=O) groups excluding carboxylic acids is 1. The number of hydrogen-bond acceptors (Lipinski definition) is 3. The molecule has 0 aliphatic carbocycles. The van der Waals surface area contributed by atoms with E-state index in [2.05, 4.69) is 5.32 Å². The Hall–Kier alpha value is -3.22. The fourth-order valence-corrected chi connectivity index (χ4v) is 2.41. The van der Waals surface area contributed by atoms with Gasteiger partial charge in [-0.1, -0.05) is 0 Å². The zero-order chi connectivity index (χ0) is 18.7. The van der Waals surface area contributed by atoms with E-state index in [1.807, 2.05) is 0 Å². The highest BCUT2D eigenvalue weighted by molar-refractivity contribution is 6.05. The van der Waals surface area contributed by atoms with Crippen molar-refractivity contribution in [2.45, 2.75) is 6.92 Å². The lowest BCUT2D eigenvalue weighted by Crippen LogP contribution is -2.17. The summed E-state index contributed by atoms with van der Waals surface area (Å²) < 4.78 is 52.6. The van der Waals surface area contributed by atoms with Crippen LogP contribution < -0.4 is 10.1 Å². The number of ether oxygens (including phenoxy) is 1. The van der Waals surface area contributed by atoms with Gasteiger partial charge < -0.3 is 14.5 Å². The maximum absolute atomic E-state index is 14.3. The van der Waals surface area contributed by atoms with Crippen LogP contribution in [0.25, 0.3) is 11.3 Å². The number of benzene rings is 2. The average Bonchev–Trinajstić information content (AvgIpc) is 3.14. The van der Waals surface area contributed by atoms with E-state index in [4.69, 9.17) is 9.15 Å². The molecule has 0 unspecified atom stereocenters. The van der Waals surface area contributed by atoms with Gasteiger partial charge in [-0.15, -0.1) is 0 Å². The number of hydrogen-bond donors (Lipinski definition) is 1. The van der Waals surface area contributed by atoms with Crippen molar-refractivity contribution in [1.29, 1.82) is 0 Å². The molecular formula is C19H14F3NO3. The van der Waals surface area contributed by atoms with Crippen molar-refractivity contribution < 1.29 is 27.1 Å². The Balaban J connectivity index is 1.94. The number of nitrogens with one attached hydrogen (secondary N) is 1. The molecular weight excluding hydrogens is 347 g/mol. The number of anilines is 1. The molecule has 1 aromatic heterocycles. The summed E-state index contributed by atoms with van der Waals surface area (Å²) in [5, 5.41) is 2.19. The first-order valence-electron chi connectivity index (χ1n) is 7.76. The summed E-state index contributed by atoms with van der Waals surface area (Å²) in [6, 6.07) is 9.21. The summed E-state index contributed by atoms with van der Waals surface area (Å²) in [4.78, 5) is 12.3. The maximum atomic E-state index is 14.3. The van der Waals surface area contributed by atoms with Gasteiger partial charge in [0.25, 0.3) is 5.91 Å². The second-order valence-electron chi connectivity index (χ2n) is 5.29. The molecule has 4 nitrogen and oxygen atoms in total. The van der Waals surface area contributed by atoms with Gasteiger partial charge >= 0.3 is 0 Å². The third-order valence-corrected chi connectivity index (χ3v) is 3.60. The quantitative estimate of drug-likeness (QED) is 0.695. The van der Waals surface area contributed by atoms with E-state index < -0.39 is 28.9 Å². The summed E-state index contributed by atoms with van der Waals surface area (Å²) in [7, 11) is 0. The Morgan fingerprint density at radius 3 is 2.58 bits per heavy atom. The second-order valence-corrected chi connectivity index (χ2v) is 5.29. The Morgan fingerprint density at radius 1 is 1.12 bits per heavy atom. The van der Waals surface area contributed by atoms with Gasteiger partial charge in [-0.2, -0.15) is 0 Å². The topological polar surface area (TPSA) is 51.5 Å². The normalized spacial score (nSPS) is 10.6. The molecule has 0 saturated carbocycles. The highest BCUT2D eigenvalue weighted by atomic mass is 19.1. The molecule has 1 heterocycles. The molecule has 2 aromatic carbocycles. The molecule has 26 heavy (non-hydrogen) atoms. The highest BCUT2D eigenvalue weighted by Crippen LogP contribution is 2.28. The summed E-state index contributed by atoms with van der Waals surface area (Å²) in [5.41, 5.74) is -0.584. The molecule has 0 saturated heterocycles. The summed E-state index contributed by atoms with van der Waals surface area (Å²) in [6.07, 6.45) is 1.45. The zero-order valence-corrected chi connectivity index (χ0v) is 13.7. The van der Waals surface area contributed by atoms with Crippen LogP contribution in [0.15, 0.2) is 53.1 Å². The van der Waals surface area contributed by atoms with Gasteiger partial charge in [0.15, 0.2) is 11.6 Å². The molecule has 0 fully saturated rings. The number of carbonyl (C=O) groups is 1. The minimum absolute atomic E-state index is 0.142. The van der Waals surface area contributed by atoms with Gasteiger partial charge in [0, 0.05) is 5.56 Å². The van der Waals surface area contributed by atoms with Crippen LogP contribution in [0.2, 0.25) is 0 Å². The maximum Gasteiger partial charge on any atom is 0.261 e. The molecule has 3 aromatic rings. The number of rotatable bonds is 5. The van der Waals surface area contributed by atoms with E-state index in [0.717, 1.165) is 18.2 Å². The SMILES string of the molecule is CCOc1ccc(F)c(C(=O)Nc2cc(-c3ccco3)ccc2F)c1F. The van der Waals surface area contributed by atoms with Crippen LogP contribution in [0.4, 0.5) is 18.9 Å². The van der Waals surface area contributed by atoms with Crippen LogP contribution in [-0.2, 0) is 0 Å². The largest absolute Gasteiger partial charge is 0.491 e. The standard InChI is InChI=1S/C19H14F3NO3/c1-2-25-16-8-7-13(21)17(18(16)22)19(24)23-14-10-11(5-6-12(14)20)15-4-3-9-26-15/h3-10H,2H2,1H3,(H,23,24). The van der Waals surface area contributed by atoms with Gasteiger partial charge in [0.1, 0.15) is 23.0 Å². The van der Waals surface area contributed by atoms with E-state index in [-0.39, 0.29) is 18.0 Å². The molecule has 0 spiro atoms. The average molecular weight is 361 g/mol. The molecule has 0 aliphatic rings. The van der Waals surface area contributed by atoms with E-state index in [9.17, 15) is 18.0 Å². The van der Waals surface area contributed by atoms with Gasteiger partial charge in [-0.05, 0) is 49.4 Å². The van der Waals surface area contributed by atoms with Crippen LogP contribution in [0.3, 0.4) is 0 Å². The lowest BCUT2D eigenvalue weighted by molar-refractivity contribution is 0.101. The third kappa shape index (κ3) is 3.42. The van der Waals surface area contributed by atoms with Crippen molar-refractivity contribution in [2.75, 3.05) is 11.9 Å². The van der Waals surface area contributed by atoms with Gasteiger partial charge in [0.2, 0.25) is 0 Å². The molecule has 0 atom stereocenters. The van der Waals surface area contributed by atoms with Gasteiger partial charge in [-0.25, -0.2) is 13.2 Å². The van der Waals surface area contributed by atoms with Crippen LogP contribution in [-0.4, -0.2) is 12.5 Å². The predicted molar refractivity (Wildman–Crippen MR) is 89.6 cm³/mol. The highest BCUT2D eigenvalue weighted by Gasteiger charge is 2.22. The predicted octanol–water partition coefficient (Wildman–Crippen LogP) is 5.01. The molecule has 0 radical (unpaired) electrons. The van der Waals surface area contributed by atoms with Gasteiger partial charge in [-0.3, -0.25) is 4.79 Å². The first-order valence-corrected chi connectivity index (χ1v) is 7.76. The summed E-state index contributed by atoms with van der Waals surface area (Å²) >= 11 is 0. The molecule has 134 valence electrons. The van der Waals surface area contributed by atoms with Crippen molar-refractivity contribution >= 4 is 11.6 Å². The van der Waals surface area contributed by atoms with Crippen molar-refractivity contribution in [2.24, 2.45) is 0 Å². The minimum atomic E-state index is -1.15. The van der Waals surface area contributed by atoms with Crippen molar-refractivity contribution in [3.8, 4) is 17.1 Å². The summed E-state index contributed by atoms with van der Waals surface area (Å²) in [5.74, 6) is -3.91. The Labute approximate surface area is 147 Å². The molecule has 3 rings (SSSR count). The Kier molecular flexibility index (Phi) is 4.97. The molecule has 0 bridgehead atoms. The summed E-state index contributed by atoms with van der Waals surface area (Å²) in [6.45, 7) is 1.77. The van der Waals surface area contributed by atoms with Crippen LogP contribution >= 0.6 is 0 Å². The second kappa shape index (κ2) is 7.35.